The van der Waals surface area contributed by atoms with Crippen LogP contribution >= 0.6 is 0 Å². The van der Waals surface area contributed by atoms with Gasteiger partial charge in [-0.05, 0) is 50.4 Å². The Morgan fingerprint density at radius 2 is 1.96 bits per heavy atom. The molecule has 6 nitrogen and oxygen atoms in total. The van der Waals surface area contributed by atoms with Crippen LogP contribution in [0.3, 0.4) is 0 Å². The smallest absolute Gasteiger partial charge is 0.232 e. The molecule has 2 heterocycles. The molecule has 3 fully saturated rings. The Morgan fingerprint density at radius 3 is 2.65 bits per heavy atom. The number of hydroxylamine groups is 1. The van der Waals surface area contributed by atoms with Crippen molar-refractivity contribution in [1.29, 1.82) is 0 Å². The summed E-state index contributed by atoms with van der Waals surface area (Å²) in [5.41, 5.74) is 3.02. The van der Waals surface area contributed by atoms with E-state index in [2.05, 4.69) is 30.0 Å². The second-order valence-corrected chi connectivity index (χ2v) is 8.81. The Kier molecular flexibility index (Phi) is 6.92. The van der Waals surface area contributed by atoms with E-state index in [1.54, 1.807) is 0 Å². The van der Waals surface area contributed by atoms with E-state index < -0.39 is 5.92 Å². The topological polar surface area (TPSA) is 79.5 Å². The molecule has 0 aromatic carbocycles. The van der Waals surface area contributed by atoms with Crippen LogP contribution in [0.1, 0.15) is 71.6 Å². The summed E-state index contributed by atoms with van der Waals surface area (Å²) in [6.45, 7) is 4.88. The molecule has 4 unspecified atom stereocenters. The highest BCUT2D eigenvalue weighted by atomic mass is 16.7. The maximum absolute atomic E-state index is 12.5. The number of piperidine rings is 1. The van der Waals surface area contributed by atoms with Crippen LogP contribution < -0.4 is 16.1 Å². The molecule has 0 bridgehead atoms. The molecule has 3 aliphatic rings. The van der Waals surface area contributed by atoms with Crippen LogP contribution in [0.25, 0.3) is 0 Å². The summed E-state index contributed by atoms with van der Waals surface area (Å²) in [4.78, 5) is 30.5. The van der Waals surface area contributed by atoms with E-state index >= 15 is 0 Å². The normalized spacial score (nSPS) is 33.3. The summed E-state index contributed by atoms with van der Waals surface area (Å²) in [5, 5.41) is 6.08. The molecule has 2 saturated heterocycles. The van der Waals surface area contributed by atoms with Gasteiger partial charge in [0.05, 0.1) is 12.1 Å². The average Bonchev–Trinajstić information content (AvgIpc) is 3.07. The minimum absolute atomic E-state index is 0.0855. The lowest BCUT2D eigenvalue weighted by atomic mass is 9.79. The van der Waals surface area contributed by atoms with Gasteiger partial charge in [-0.1, -0.05) is 33.1 Å². The molecular weight excluding hydrogens is 330 g/mol. The number of amides is 2. The van der Waals surface area contributed by atoms with Crippen molar-refractivity contribution in [3.8, 4) is 0 Å². The molecule has 6 heteroatoms. The Labute approximate surface area is 157 Å². The predicted octanol–water partition coefficient (Wildman–Crippen LogP) is 2.29. The highest BCUT2D eigenvalue weighted by molar-refractivity contribution is 6.00. The number of carbonyl (C=O) groups excluding carboxylic acids is 2. The quantitative estimate of drug-likeness (QED) is 0.631. The van der Waals surface area contributed by atoms with E-state index in [0.29, 0.717) is 24.8 Å². The Balaban J connectivity index is 1.39. The molecule has 1 aliphatic carbocycles. The second-order valence-electron chi connectivity index (χ2n) is 8.81. The van der Waals surface area contributed by atoms with Gasteiger partial charge in [0.15, 0.2) is 0 Å². The number of carbonyl (C=O) groups is 2. The Bertz CT molecular complexity index is 491. The molecule has 26 heavy (non-hydrogen) atoms. The zero-order valence-electron chi connectivity index (χ0n) is 16.3. The van der Waals surface area contributed by atoms with Gasteiger partial charge in [0.25, 0.3) is 0 Å². The first-order valence-electron chi connectivity index (χ1n) is 10.5. The number of rotatable bonds is 6. The zero-order valence-corrected chi connectivity index (χ0v) is 16.3. The summed E-state index contributed by atoms with van der Waals surface area (Å²) < 4.78 is 0. The summed E-state index contributed by atoms with van der Waals surface area (Å²) in [5.74, 6) is 0.438. The SMILES string of the molecule is CC(C)CC1CC(CNC(=O)C2CCC(C3CCCCC3)NC2=O)NO1. The van der Waals surface area contributed by atoms with Crippen LogP contribution in [0.2, 0.25) is 0 Å². The lowest BCUT2D eigenvalue weighted by molar-refractivity contribution is -0.138. The van der Waals surface area contributed by atoms with Gasteiger partial charge in [0, 0.05) is 12.6 Å². The van der Waals surface area contributed by atoms with E-state index in [-0.39, 0.29) is 30.0 Å². The molecule has 0 radical (unpaired) electrons. The van der Waals surface area contributed by atoms with Crippen LogP contribution in [-0.2, 0) is 14.4 Å². The van der Waals surface area contributed by atoms with E-state index in [0.717, 1.165) is 19.3 Å². The van der Waals surface area contributed by atoms with Crippen LogP contribution in [0.5, 0.6) is 0 Å². The molecule has 4 atom stereocenters. The van der Waals surface area contributed by atoms with Gasteiger partial charge in [-0.2, -0.15) is 5.48 Å². The first kappa shape index (κ1) is 19.6. The molecule has 2 aliphatic heterocycles. The third-order valence-electron chi connectivity index (χ3n) is 6.15. The van der Waals surface area contributed by atoms with Crippen molar-refractivity contribution >= 4 is 11.8 Å². The van der Waals surface area contributed by atoms with Gasteiger partial charge in [-0.3, -0.25) is 14.4 Å². The average molecular weight is 366 g/mol. The fourth-order valence-electron chi connectivity index (χ4n) is 4.72. The molecule has 148 valence electrons. The summed E-state index contributed by atoms with van der Waals surface area (Å²) >= 11 is 0. The minimum Gasteiger partial charge on any atom is -0.354 e. The van der Waals surface area contributed by atoms with Gasteiger partial charge in [0.1, 0.15) is 5.92 Å². The Morgan fingerprint density at radius 1 is 1.19 bits per heavy atom. The van der Waals surface area contributed by atoms with Crippen molar-refractivity contribution in [2.24, 2.45) is 17.8 Å². The monoisotopic (exact) mass is 365 g/mol. The summed E-state index contributed by atoms with van der Waals surface area (Å²) in [7, 11) is 0. The molecule has 0 aromatic heterocycles. The van der Waals surface area contributed by atoms with Gasteiger partial charge >= 0.3 is 0 Å². The molecule has 3 N–H and O–H groups in total. The predicted molar refractivity (Wildman–Crippen MR) is 100 cm³/mol. The van der Waals surface area contributed by atoms with Crippen LogP contribution in [0, 0.1) is 17.8 Å². The van der Waals surface area contributed by atoms with Crippen LogP contribution in [0.4, 0.5) is 0 Å². The third-order valence-corrected chi connectivity index (χ3v) is 6.15. The van der Waals surface area contributed by atoms with Crippen molar-refractivity contribution in [3.63, 3.8) is 0 Å². The Hall–Kier alpha value is -1.14. The highest BCUT2D eigenvalue weighted by Crippen LogP contribution is 2.31. The fraction of sp³-hybridized carbons (Fsp3) is 0.900. The largest absolute Gasteiger partial charge is 0.354 e. The molecule has 0 spiro atoms. The zero-order chi connectivity index (χ0) is 18.5. The van der Waals surface area contributed by atoms with Gasteiger partial charge in [-0.25, -0.2) is 0 Å². The van der Waals surface area contributed by atoms with Crippen molar-refractivity contribution in [2.75, 3.05) is 6.54 Å². The maximum atomic E-state index is 12.5. The maximum Gasteiger partial charge on any atom is 0.232 e. The number of hydrogen-bond acceptors (Lipinski definition) is 4. The molecular formula is C20H35N3O3. The first-order valence-corrected chi connectivity index (χ1v) is 10.5. The number of hydrogen-bond donors (Lipinski definition) is 3. The fourth-order valence-corrected chi connectivity index (χ4v) is 4.72. The molecule has 0 aromatic rings. The third kappa shape index (κ3) is 5.19. The first-order chi connectivity index (χ1) is 12.5. The lowest BCUT2D eigenvalue weighted by Crippen LogP contribution is -2.52. The van der Waals surface area contributed by atoms with Crippen LogP contribution in [-0.4, -0.2) is 36.5 Å². The van der Waals surface area contributed by atoms with Crippen molar-refractivity contribution in [2.45, 2.75) is 89.8 Å². The molecule has 3 rings (SSSR count). The van der Waals surface area contributed by atoms with E-state index in [1.165, 1.54) is 32.1 Å². The molecule has 2 amide bonds. The van der Waals surface area contributed by atoms with E-state index in [4.69, 9.17) is 4.84 Å². The van der Waals surface area contributed by atoms with E-state index in [9.17, 15) is 9.59 Å². The molecule has 1 saturated carbocycles. The van der Waals surface area contributed by atoms with Gasteiger partial charge < -0.3 is 10.6 Å². The van der Waals surface area contributed by atoms with Crippen LogP contribution in [0.15, 0.2) is 0 Å². The second kappa shape index (κ2) is 9.18. The van der Waals surface area contributed by atoms with Crippen molar-refractivity contribution in [3.05, 3.63) is 0 Å². The van der Waals surface area contributed by atoms with E-state index in [1.807, 2.05) is 0 Å². The van der Waals surface area contributed by atoms with Crippen molar-refractivity contribution < 1.29 is 14.4 Å². The minimum atomic E-state index is -0.538. The van der Waals surface area contributed by atoms with Crippen molar-refractivity contribution in [1.82, 2.24) is 16.1 Å². The lowest BCUT2D eigenvalue weighted by Gasteiger charge is -2.35. The van der Waals surface area contributed by atoms with Gasteiger partial charge in [-0.15, -0.1) is 0 Å². The standard InChI is InChI=1S/C20H35N3O3/c1-13(2)10-16-11-15(23-26-16)12-21-19(24)17-8-9-18(22-20(17)25)14-6-4-3-5-7-14/h13-18,23H,3-12H2,1-2H3,(H,21,24)(H,22,25). The number of nitrogens with one attached hydrogen (secondary N) is 3. The summed E-state index contributed by atoms with van der Waals surface area (Å²) in [6, 6.07) is 0.401. The van der Waals surface area contributed by atoms with Gasteiger partial charge in [0.2, 0.25) is 11.8 Å². The summed E-state index contributed by atoms with van der Waals surface area (Å²) in [6.07, 6.45) is 10.0. The highest BCUT2D eigenvalue weighted by Gasteiger charge is 2.37.